The van der Waals surface area contributed by atoms with Gasteiger partial charge >= 0.3 is 0 Å². The summed E-state index contributed by atoms with van der Waals surface area (Å²) < 4.78 is 0. The highest BCUT2D eigenvalue weighted by molar-refractivity contribution is 7.99. The second-order valence-corrected chi connectivity index (χ2v) is 4.14. The summed E-state index contributed by atoms with van der Waals surface area (Å²) in [6, 6.07) is 0.788. The Bertz CT molecular complexity index is 108. The SMILES string of the molecule is C=CCCNC1CCSCC1. The van der Waals surface area contributed by atoms with Crippen molar-refractivity contribution < 1.29 is 0 Å². The number of rotatable bonds is 4. The molecule has 2 heteroatoms. The van der Waals surface area contributed by atoms with Crippen molar-refractivity contribution in [1.82, 2.24) is 5.32 Å². The molecule has 1 saturated heterocycles. The minimum Gasteiger partial charge on any atom is -0.314 e. The van der Waals surface area contributed by atoms with Gasteiger partial charge in [-0.05, 0) is 37.3 Å². The van der Waals surface area contributed by atoms with Crippen LogP contribution in [0.1, 0.15) is 19.3 Å². The van der Waals surface area contributed by atoms with Crippen LogP contribution in [-0.4, -0.2) is 24.1 Å². The van der Waals surface area contributed by atoms with E-state index in [0.717, 1.165) is 19.0 Å². The molecule has 1 aliphatic rings. The average molecular weight is 171 g/mol. The lowest BCUT2D eigenvalue weighted by Gasteiger charge is -2.22. The van der Waals surface area contributed by atoms with Gasteiger partial charge < -0.3 is 5.32 Å². The molecule has 1 aliphatic heterocycles. The Morgan fingerprint density at radius 2 is 2.18 bits per heavy atom. The van der Waals surface area contributed by atoms with Gasteiger partial charge in [-0.2, -0.15) is 11.8 Å². The molecule has 0 aromatic heterocycles. The summed E-state index contributed by atoms with van der Waals surface area (Å²) in [4.78, 5) is 0. The fourth-order valence-corrected chi connectivity index (χ4v) is 2.40. The molecule has 0 radical (unpaired) electrons. The van der Waals surface area contributed by atoms with Crippen LogP contribution in [0.15, 0.2) is 12.7 Å². The van der Waals surface area contributed by atoms with E-state index in [1.165, 1.54) is 24.3 Å². The molecule has 1 rings (SSSR count). The lowest BCUT2D eigenvalue weighted by molar-refractivity contribution is 0.488. The third kappa shape index (κ3) is 3.82. The minimum absolute atomic E-state index is 0.788. The van der Waals surface area contributed by atoms with E-state index in [1.54, 1.807) is 0 Å². The van der Waals surface area contributed by atoms with Crippen molar-refractivity contribution in [2.75, 3.05) is 18.1 Å². The molecule has 0 saturated carbocycles. The molecule has 11 heavy (non-hydrogen) atoms. The van der Waals surface area contributed by atoms with Crippen molar-refractivity contribution in [2.45, 2.75) is 25.3 Å². The van der Waals surface area contributed by atoms with Gasteiger partial charge in [-0.15, -0.1) is 6.58 Å². The van der Waals surface area contributed by atoms with Crippen molar-refractivity contribution in [1.29, 1.82) is 0 Å². The zero-order chi connectivity index (χ0) is 7.94. The van der Waals surface area contributed by atoms with Crippen molar-refractivity contribution in [2.24, 2.45) is 0 Å². The zero-order valence-corrected chi connectivity index (χ0v) is 7.83. The molecule has 0 spiro atoms. The van der Waals surface area contributed by atoms with Crippen LogP contribution in [0.4, 0.5) is 0 Å². The van der Waals surface area contributed by atoms with Crippen LogP contribution in [0.25, 0.3) is 0 Å². The summed E-state index contributed by atoms with van der Waals surface area (Å²) in [5, 5.41) is 3.54. The predicted molar refractivity (Wildman–Crippen MR) is 53.2 cm³/mol. The Morgan fingerprint density at radius 1 is 1.45 bits per heavy atom. The van der Waals surface area contributed by atoms with Gasteiger partial charge in [0.15, 0.2) is 0 Å². The standard InChI is InChI=1S/C9H17NS/c1-2-3-6-10-9-4-7-11-8-5-9/h2,9-10H,1,3-8H2. The van der Waals surface area contributed by atoms with Gasteiger partial charge in [-0.1, -0.05) is 6.08 Å². The van der Waals surface area contributed by atoms with E-state index in [-0.39, 0.29) is 0 Å². The number of hydrogen-bond acceptors (Lipinski definition) is 2. The molecule has 64 valence electrons. The summed E-state index contributed by atoms with van der Waals surface area (Å²) in [7, 11) is 0. The van der Waals surface area contributed by atoms with Crippen LogP contribution in [-0.2, 0) is 0 Å². The van der Waals surface area contributed by atoms with Crippen molar-refractivity contribution in [3.63, 3.8) is 0 Å². The Kier molecular flexibility index (Phi) is 4.71. The molecule has 0 amide bonds. The molecule has 1 fully saturated rings. The van der Waals surface area contributed by atoms with Crippen molar-refractivity contribution in [3.05, 3.63) is 12.7 Å². The first-order valence-corrected chi connectivity index (χ1v) is 5.51. The van der Waals surface area contributed by atoms with Crippen LogP contribution in [0.3, 0.4) is 0 Å². The van der Waals surface area contributed by atoms with Gasteiger partial charge in [0.1, 0.15) is 0 Å². The summed E-state index contributed by atoms with van der Waals surface area (Å²) >= 11 is 2.08. The Labute approximate surface area is 73.6 Å². The van der Waals surface area contributed by atoms with Gasteiger partial charge in [0.05, 0.1) is 0 Å². The van der Waals surface area contributed by atoms with E-state index < -0.39 is 0 Å². The summed E-state index contributed by atoms with van der Waals surface area (Å²) in [6.45, 7) is 4.81. The highest BCUT2D eigenvalue weighted by Crippen LogP contribution is 2.16. The first kappa shape index (κ1) is 9.14. The fraction of sp³-hybridized carbons (Fsp3) is 0.778. The normalized spacial score (nSPS) is 20.0. The number of nitrogens with one attached hydrogen (secondary N) is 1. The quantitative estimate of drug-likeness (QED) is 0.513. The van der Waals surface area contributed by atoms with Gasteiger partial charge in [-0.3, -0.25) is 0 Å². The summed E-state index contributed by atoms with van der Waals surface area (Å²) in [5.41, 5.74) is 0. The van der Waals surface area contributed by atoms with E-state index >= 15 is 0 Å². The van der Waals surface area contributed by atoms with E-state index in [9.17, 15) is 0 Å². The molecule has 1 heterocycles. The van der Waals surface area contributed by atoms with Crippen LogP contribution in [0.2, 0.25) is 0 Å². The van der Waals surface area contributed by atoms with E-state index in [4.69, 9.17) is 0 Å². The monoisotopic (exact) mass is 171 g/mol. The molecule has 1 N–H and O–H groups in total. The lowest BCUT2D eigenvalue weighted by Crippen LogP contribution is -2.32. The minimum atomic E-state index is 0.788. The van der Waals surface area contributed by atoms with Crippen LogP contribution in [0, 0.1) is 0 Å². The van der Waals surface area contributed by atoms with Crippen LogP contribution in [0.5, 0.6) is 0 Å². The summed E-state index contributed by atoms with van der Waals surface area (Å²) in [6.07, 6.45) is 5.78. The Hall–Kier alpha value is 0.0500. The van der Waals surface area contributed by atoms with Gasteiger partial charge in [0.25, 0.3) is 0 Å². The summed E-state index contributed by atoms with van der Waals surface area (Å²) in [5.74, 6) is 2.68. The van der Waals surface area contributed by atoms with Gasteiger partial charge in [0.2, 0.25) is 0 Å². The van der Waals surface area contributed by atoms with Crippen LogP contribution < -0.4 is 5.32 Å². The first-order chi connectivity index (χ1) is 5.43. The van der Waals surface area contributed by atoms with Gasteiger partial charge in [-0.25, -0.2) is 0 Å². The smallest absolute Gasteiger partial charge is 0.00828 e. The molecular formula is C9H17NS. The molecular weight excluding hydrogens is 154 g/mol. The Morgan fingerprint density at radius 3 is 2.82 bits per heavy atom. The molecule has 0 aliphatic carbocycles. The lowest BCUT2D eigenvalue weighted by atomic mass is 10.1. The first-order valence-electron chi connectivity index (χ1n) is 4.35. The molecule has 0 atom stereocenters. The maximum Gasteiger partial charge on any atom is 0.00828 e. The largest absolute Gasteiger partial charge is 0.314 e. The fourth-order valence-electron chi connectivity index (χ4n) is 1.29. The maximum atomic E-state index is 3.70. The average Bonchev–Trinajstić information content (AvgIpc) is 2.07. The highest BCUT2D eigenvalue weighted by Gasteiger charge is 2.11. The predicted octanol–water partition coefficient (Wildman–Crippen LogP) is 2.05. The maximum absolute atomic E-state index is 3.70. The van der Waals surface area contributed by atoms with Gasteiger partial charge in [0, 0.05) is 6.04 Å². The van der Waals surface area contributed by atoms with Crippen LogP contribution >= 0.6 is 11.8 Å². The highest BCUT2D eigenvalue weighted by atomic mass is 32.2. The molecule has 0 bridgehead atoms. The molecule has 0 unspecified atom stereocenters. The molecule has 0 aromatic rings. The third-order valence-electron chi connectivity index (χ3n) is 2.00. The topological polar surface area (TPSA) is 12.0 Å². The van der Waals surface area contributed by atoms with E-state index in [1.807, 2.05) is 6.08 Å². The number of thioether (sulfide) groups is 1. The third-order valence-corrected chi connectivity index (χ3v) is 3.05. The van der Waals surface area contributed by atoms with E-state index in [2.05, 4.69) is 23.7 Å². The second kappa shape index (κ2) is 5.67. The number of hydrogen-bond donors (Lipinski definition) is 1. The molecule has 1 nitrogen and oxygen atoms in total. The second-order valence-electron chi connectivity index (χ2n) is 2.92. The van der Waals surface area contributed by atoms with E-state index in [0.29, 0.717) is 0 Å². The Balaban J connectivity index is 2.00. The molecule has 0 aromatic carbocycles. The van der Waals surface area contributed by atoms with Crippen molar-refractivity contribution >= 4 is 11.8 Å². The zero-order valence-electron chi connectivity index (χ0n) is 7.01. The van der Waals surface area contributed by atoms with Crippen molar-refractivity contribution in [3.8, 4) is 0 Å².